The van der Waals surface area contributed by atoms with E-state index < -0.39 is 17.1 Å². The molecule has 2 aliphatic carbocycles. The number of unbranched alkanes of at least 4 members (excludes halogenated alkanes) is 6. The second kappa shape index (κ2) is 21.9. The molecule has 0 radical (unpaired) electrons. The van der Waals surface area contributed by atoms with Gasteiger partial charge in [0.1, 0.15) is 11.5 Å². The monoisotopic (exact) mass is 802 g/mol. The van der Waals surface area contributed by atoms with Crippen LogP contribution in [0.3, 0.4) is 0 Å². The molecule has 7 heteroatoms. The first kappa shape index (κ1) is 42.9. The minimum Gasteiger partial charge on any atom is -0.494 e. The van der Waals surface area contributed by atoms with Crippen LogP contribution in [0.25, 0.3) is 23.3 Å². The summed E-state index contributed by atoms with van der Waals surface area (Å²) >= 11 is 0. The van der Waals surface area contributed by atoms with Gasteiger partial charge in [-0.25, -0.2) is 0 Å². The highest BCUT2D eigenvalue weighted by atomic mass is 28.5. The van der Waals surface area contributed by atoms with Crippen molar-refractivity contribution < 1.29 is 22.4 Å². The van der Waals surface area contributed by atoms with Crippen molar-refractivity contribution in [3.63, 3.8) is 0 Å². The van der Waals surface area contributed by atoms with Crippen LogP contribution < -0.4 is 9.47 Å². The smallest absolute Gasteiger partial charge is 0.325 e. The number of hydrogen-bond acceptors (Lipinski definition) is 5. The summed E-state index contributed by atoms with van der Waals surface area (Å²) in [5.74, 6) is 1.91. The molecule has 0 amide bonds. The van der Waals surface area contributed by atoms with Crippen LogP contribution >= 0.6 is 0 Å². The Morgan fingerprint density at radius 2 is 0.860 bits per heavy atom. The lowest BCUT2D eigenvalue weighted by atomic mass is 10.0. The third-order valence-electron chi connectivity index (χ3n) is 11.9. The van der Waals surface area contributed by atoms with Crippen LogP contribution in [0.15, 0.2) is 97.1 Å². The Hall–Kier alpha value is -3.73. The summed E-state index contributed by atoms with van der Waals surface area (Å²) in [6.45, 7) is 5.91. The highest BCUT2D eigenvalue weighted by Gasteiger charge is 2.41. The molecule has 2 atom stereocenters. The van der Waals surface area contributed by atoms with Crippen LogP contribution in [0.1, 0.15) is 110 Å². The molecule has 2 unspecified atom stereocenters. The van der Waals surface area contributed by atoms with Crippen molar-refractivity contribution in [2.75, 3.05) is 27.4 Å². The molecule has 0 spiro atoms. The Bertz CT molecular complexity index is 1750. The standard InChI is InChI=1S/C50H66O5Si2/c1-51-56(3,37-15-7-5-13-35-53-49-31-27-43(28-32-49)47-25-17-23-41-19-9-11-21-45(41)39-47)55-57(4,52-2)38-16-8-6-14-36-54-50-33-29-44(30-34-50)48-26-18-24-42-20-10-12-22-46(42)40-48/h9-12,19-22,27-34,39-40H,5-8,13-18,23-26,35-38H2,1-4H3. The normalized spacial score (nSPS) is 16.1. The molecule has 0 N–H and O–H groups in total. The molecule has 57 heavy (non-hydrogen) atoms. The first-order valence-electron chi connectivity index (χ1n) is 21.7. The van der Waals surface area contributed by atoms with Crippen LogP contribution in [0.2, 0.25) is 25.2 Å². The van der Waals surface area contributed by atoms with E-state index in [1.54, 1.807) is 0 Å². The molecule has 2 aliphatic rings. The van der Waals surface area contributed by atoms with E-state index in [9.17, 15) is 0 Å². The van der Waals surface area contributed by atoms with Gasteiger partial charge >= 0.3 is 17.1 Å². The van der Waals surface area contributed by atoms with Crippen molar-refractivity contribution in [3.05, 3.63) is 130 Å². The Morgan fingerprint density at radius 1 is 0.456 bits per heavy atom. The molecule has 0 aromatic heterocycles. The van der Waals surface area contributed by atoms with Crippen molar-refractivity contribution in [3.8, 4) is 11.5 Å². The fourth-order valence-electron chi connectivity index (χ4n) is 8.28. The summed E-state index contributed by atoms with van der Waals surface area (Å²) in [4.78, 5) is 0. The summed E-state index contributed by atoms with van der Waals surface area (Å²) in [7, 11) is -0.993. The number of hydrogen-bond donors (Lipinski definition) is 0. The van der Waals surface area contributed by atoms with Gasteiger partial charge in [0.25, 0.3) is 0 Å². The predicted molar refractivity (Wildman–Crippen MR) is 243 cm³/mol. The molecule has 0 aliphatic heterocycles. The zero-order valence-corrected chi connectivity index (χ0v) is 37.2. The van der Waals surface area contributed by atoms with Crippen LogP contribution in [0.5, 0.6) is 11.5 Å². The fourth-order valence-corrected chi connectivity index (χ4v) is 15.6. The Balaban J connectivity index is 0.823. The maximum atomic E-state index is 6.83. The highest BCUT2D eigenvalue weighted by Crippen LogP contribution is 2.32. The summed E-state index contributed by atoms with van der Waals surface area (Å²) in [6.07, 6.45) is 20.5. The van der Waals surface area contributed by atoms with E-state index in [1.807, 2.05) is 14.2 Å². The zero-order valence-electron chi connectivity index (χ0n) is 35.2. The molecule has 0 saturated carbocycles. The summed E-state index contributed by atoms with van der Waals surface area (Å²) < 4.78 is 31.2. The summed E-state index contributed by atoms with van der Waals surface area (Å²) in [5.41, 5.74) is 11.1. The number of allylic oxidation sites excluding steroid dienone is 2. The first-order valence-corrected chi connectivity index (χ1v) is 26.7. The lowest BCUT2D eigenvalue weighted by Crippen LogP contribution is -2.51. The van der Waals surface area contributed by atoms with Crippen molar-refractivity contribution in [1.82, 2.24) is 0 Å². The van der Waals surface area contributed by atoms with Gasteiger partial charge in [0.05, 0.1) is 13.2 Å². The number of aryl methyl sites for hydroxylation is 2. The van der Waals surface area contributed by atoms with Crippen molar-refractivity contribution in [2.24, 2.45) is 0 Å². The van der Waals surface area contributed by atoms with Gasteiger partial charge in [0.2, 0.25) is 0 Å². The second-order valence-corrected chi connectivity index (χ2v) is 23.5. The second-order valence-electron chi connectivity index (χ2n) is 16.3. The van der Waals surface area contributed by atoms with Gasteiger partial charge in [-0.3, -0.25) is 0 Å². The number of ether oxygens (including phenoxy) is 2. The largest absolute Gasteiger partial charge is 0.494 e. The van der Waals surface area contributed by atoms with E-state index in [-0.39, 0.29) is 0 Å². The molecule has 0 bridgehead atoms. The molecule has 304 valence electrons. The average Bonchev–Trinajstić information content (AvgIpc) is 3.60. The lowest BCUT2D eigenvalue weighted by molar-refractivity contribution is 0.237. The molecular weight excluding hydrogens is 737 g/mol. The van der Waals surface area contributed by atoms with Gasteiger partial charge < -0.3 is 22.4 Å². The van der Waals surface area contributed by atoms with Crippen LogP contribution in [-0.2, 0) is 25.8 Å². The lowest BCUT2D eigenvalue weighted by Gasteiger charge is -2.35. The Labute approximate surface area is 346 Å². The molecule has 6 rings (SSSR count). The van der Waals surface area contributed by atoms with Crippen molar-refractivity contribution in [1.29, 1.82) is 0 Å². The van der Waals surface area contributed by atoms with E-state index >= 15 is 0 Å². The van der Waals surface area contributed by atoms with Gasteiger partial charge in [-0.2, -0.15) is 0 Å². The van der Waals surface area contributed by atoms with E-state index in [0.29, 0.717) is 0 Å². The van der Waals surface area contributed by atoms with Crippen LogP contribution in [0, 0.1) is 0 Å². The van der Waals surface area contributed by atoms with E-state index in [2.05, 4.69) is 122 Å². The predicted octanol–water partition coefficient (Wildman–Crippen LogP) is 13.5. The molecule has 0 saturated heterocycles. The van der Waals surface area contributed by atoms with Gasteiger partial charge in [-0.1, -0.05) is 123 Å². The quantitative estimate of drug-likeness (QED) is 0.0585. The van der Waals surface area contributed by atoms with Gasteiger partial charge in [0, 0.05) is 14.2 Å². The topological polar surface area (TPSA) is 46.2 Å². The van der Waals surface area contributed by atoms with E-state index in [0.717, 1.165) is 114 Å². The summed E-state index contributed by atoms with van der Waals surface area (Å²) in [5, 5.41) is 0. The maximum absolute atomic E-state index is 6.83. The third-order valence-corrected chi connectivity index (χ3v) is 19.6. The number of fused-ring (bicyclic) bond motifs is 2. The SMILES string of the molecule is CO[Si](C)(CCCCCCOc1ccc(C2=Cc3ccccc3CCC2)cc1)O[Si](C)(CCCCCCOc1ccc(C2=Cc3ccccc3CCC2)cc1)OC. The number of benzene rings is 4. The minimum absolute atomic E-state index is 0.744. The molecule has 0 heterocycles. The molecule has 4 aromatic rings. The summed E-state index contributed by atoms with van der Waals surface area (Å²) in [6, 6.07) is 36.9. The van der Waals surface area contributed by atoms with Gasteiger partial charge in [-0.05, 0) is 145 Å². The first-order chi connectivity index (χ1) is 27.9. The molecule has 5 nitrogen and oxygen atoms in total. The van der Waals surface area contributed by atoms with E-state index in [1.165, 1.54) is 57.4 Å². The third kappa shape index (κ3) is 13.1. The molecule has 4 aromatic carbocycles. The molecule has 0 fully saturated rings. The number of rotatable bonds is 22. The average molecular weight is 803 g/mol. The molecular formula is C50H66O5Si2. The van der Waals surface area contributed by atoms with Crippen LogP contribution in [0.4, 0.5) is 0 Å². The zero-order chi connectivity index (χ0) is 39.8. The Kier molecular flexibility index (Phi) is 16.4. The minimum atomic E-state index is -2.32. The Morgan fingerprint density at radius 3 is 1.28 bits per heavy atom. The van der Waals surface area contributed by atoms with Crippen molar-refractivity contribution in [2.45, 2.75) is 115 Å². The highest BCUT2D eigenvalue weighted by molar-refractivity contribution is 6.80. The van der Waals surface area contributed by atoms with Gasteiger partial charge in [-0.15, -0.1) is 0 Å². The van der Waals surface area contributed by atoms with Crippen LogP contribution in [-0.4, -0.2) is 44.6 Å². The van der Waals surface area contributed by atoms with Crippen molar-refractivity contribution >= 4 is 40.4 Å². The van der Waals surface area contributed by atoms with E-state index in [4.69, 9.17) is 22.4 Å². The maximum Gasteiger partial charge on any atom is 0.325 e. The van der Waals surface area contributed by atoms with Gasteiger partial charge in [0.15, 0.2) is 0 Å². The fraction of sp³-hybridized carbons (Fsp3) is 0.440.